The molecule has 0 saturated carbocycles. The highest BCUT2D eigenvalue weighted by Crippen LogP contribution is 2.17. The van der Waals surface area contributed by atoms with Gasteiger partial charge in [-0.2, -0.15) is 9.50 Å². The Morgan fingerprint density at radius 1 is 1.18 bits per heavy atom. The Labute approximate surface area is 197 Å². The van der Waals surface area contributed by atoms with E-state index in [1.165, 1.54) is 4.52 Å². The quantitative estimate of drug-likeness (QED) is 0.390. The number of hydrogen-bond acceptors (Lipinski definition) is 5. The minimum Gasteiger partial charge on any atom is -0.497 e. The summed E-state index contributed by atoms with van der Waals surface area (Å²) in [6.45, 7) is 6.55. The molecule has 2 aromatic heterocycles. The molecule has 0 aliphatic heterocycles. The molecule has 0 spiro atoms. The molecule has 1 N–H and O–H groups in total. The van der Waals surface area contributed by atoms with Gasteiger partial charge in [-0.3, -0.25) is 9.59 Å². The van der Waals surface area contributed by atoms with E-state index in [9.17, 15) is 9.59 Å². The van der Waals surface area contributed by atoms with Crippen LogP contribution in [0.1, 0.15) is 23.2 Å². The van der Waals surface area contributed by atoms with Crippen molar-refractivity contribution in [3.8, 4) is 17.1 Å². The molecule has 0 bridgehead atoms. The molecule has 0 fully saturated rings. The average Bonchev–Trinajstić information content (AvgIpc) is 3.31. The first-order valence-corrected chi connectivity index (χ1v) is 11.1. The van der Waals surface area contributed by atoms with Crippen LogP contribution in [-0.2, 0) is 24.3 Å². The van der Waals surface area contributed by atoms with Gasteiger partial charge in [-0.1, -0.05) is 48.5 Å². The zero-order valence-corrected chi connectivity index (χ0v) is 19.3. The average molecular weight is 458 g/mol. The van der Waals surface area contributed by atoms with Crippen molar-refractivity contribution in [2.24, 2.45) is 0 Å². The summed E-state index contributed by atoms with van der Waals surface area (Å²) in [7, 11) is 1.61. The highest BCUT2D eigenvalue weighted by atomic mass is 16.5. The predicted molar refractivity (Wildman–Crippen MR) is 131 cm³/mol. The van der Waals surface area contributed by atoms with E-state index in [-0.39, 0.29) is 17.9 Å². The van der Waals surface area contributed by atoms with Crippen molar-refractivity contribution in [3.05, 3.63) is 94.4 Å². The second-order valence-corrected chi connectivity index (χ2v) is 7.91. The van der Waals surface area contributed by atoms with Gasteiger partial charge in [0.05, 0.1) is 7.11 Å². The fourth-order valence-electron chi connectivity index (χ4n) is 3.87. The van der Waals surface area contributed by atoms with Crippen molar-refractivity contribution in [1.29, 1.82) is 0 Å². The molecule has 4 aromatic rings. The number of benzene rings is 2. The summed E-state index contributed by atoms with van der Waals surface area (Å²) in [5.41, 5.74) is 2.80. The summed E-state index contributed by atoms with van der Waals surface area (Å²) in [4.78, 5) is 30.4. The summed E-state index contributed by atoms with van der Waals surface area (Å²) < 4.78 is 8.44. The van der Waals surface area contributed by atoms with E-state index in [2.05, 4.69) is 22.0 Å². The molecule has 0 radical (unpaired) electrons. The van der Waals surface area contributed by atoms with Crippen LogP contribution in [0, 0.1) is 6.92 Å². The standard InChI is InChI=1S/C26H27N5O3/c1-4-15-30-18(2)22(13-14-23(32)27-17-19-9-8-12-21(16-19)34-3)25(33)31-26(30)28-24(29-31)20-10-6-5-7-11-20/h4-12,16H,1,13-15,17H2,2-3H3,(H,27,32). The number of rotatable bonds is 9. The van der Waals surface area contributed by atoms with E-state index in [1.807, 2.05) is 66.1 Å². The van der Waals surface area contributed by atoms with E-state index in [1.54, 1.807) is 13.2 Å². The second-order valence-electron chi connectivity index (χ2n) is 7.91. The van der Waals surface area contributed by atoms with Crippen molar-refractivity contribution < 1.29 is 9.53 Å². The Hall–Kier alpha value is -4.20. The topological polar surface area (TPSA) is 90.5 Å². The molecule has 0 aliphatic carbocycles. The van der Waals surface area contributed by atoms with Crippen LogP contribution in [0.25, 0.3) is 17.2 Å². The van der Waals surface area contributed by atoms with Crippen LogP contribution in [0.5, 0.6) is 5.75 Å². The predicted octanol–water partition coefficient (Wildman–Crippen LogP) is 3.31. The molecule has 8 heteroatoms. The normalized spacial score (nSPS) is 10.9. The minimum atomic E-state index is -0.261. The van der Waals surface area contributed by atoms with Crippen LogP contribution >= 0.6 is 0 Å². The number of ether oxygens (including phenoxy) is 1. The second kappa shape index (κ2) is 10.2. The van der Waals surface area contributed by atoms with Gasteiger partial charge >= 0.3 is 0 Å². The van der Waals surface area contributed by atoms with Crippen LogP contribution < -0.4 is 15.6 Å². The number of carbonyl (C=O) groups is 1. The third-order valence-corrected chi connectivity index (χ3v) is 5.69. The Bertz CT molecular complexity index is 1390. The van der Waals surface area contributed by atoms with E-state index >= 15 is 0 Å². The summed E-state index contributed by atoms with van der Waals surface area (Å²) in [5.74, 6) is 1.53. The fourth-order valence-corrected chi connectivity index (χ4v) is 3.87. The van der Waals surface area contributed by atoms with E-state index in [0.29, 0.717) is 36.7 Å². The summed E-state index contributed by atoms with van der Waals surface area (Å²) >= 11 is 0. The molecule has 0 aliphatic rings. The van der Waals surface area contributed by atoms with Crippen LogP contribution in [-0.4, -0.2) is 32.2 Å². The number of allylic oxidation sites excluding steroid dienone is 1. The van der Waals surface area contributed by atoms with Crippen molar-refractivity contribution in [1.82, 2.24) is 24.5 Å². The maximum atomic E-state index is 13.3. The zero-order valence-electron chi connectivity index (χ0n) is 19.3. The van der Waals surface area contributed by atoms with Gasteiger partial charge in [-0.05, 0) is 31.0 Å². The van der Waals surface area contributed by atoms with Gasteiger partial charge in [-0.15, -0.1) is 11.7 Å². The molecule has 4 rings (SSSR count). The number of fused-ring (bicyclic) bond motifs is 1. The van der Waals surface area contributed by atoms with Crippen LogP contribution in [0.15, 0.2) is 72.0 Å². The first kappa shape index (κ1) is 23.0. The first-order chi connectivity index (χ1) is 16.5. The first-order valence-electron chi connectivity index (χ1n) is 11.1. The zero-order chi connectivity index (χ0) is 24.1. The number of nitrogens with one attached hydrogen (secondary N) is 1. The molecule has 2 heterocycles. The van der Waals surface area contributed by atoms with E-state index in [4.69, 9.17) is 4.74 Å². The van der Waals surface area contributed by atoms with Gasteiger partial charge in [0.2, 0.25) is 11.7 Å². The smallest absolute Gasteiger partial charge is 0.279 e. The fraction of sp³-hybridized carbons (Fsp3) is 0.231. The molecule has 2 aromatic carbocycles. The Balaban J connectivity index is 1.57. The Morgan fingerprint density at radius 2 is 1.97 bits per heavy atom. The number of nitrogens with zero attached hydrogens (tertiary/aromatic N) is 4. The number of aromatic nitrogens is 4. The van der Waals surface area contributed by atoms with E-state index < -0.39 is 0 Å². The SMILES string of the molecule is C=CCn1c(C)c(CCC(=O)NCc2cccc(OC)c2)c(=O)n2nc(-c3ccccc3)nc12. The maximum Gasteiger partial charge on any atom is 0.279 e. The van der Waals surface area contributed by atoms with Gasteiger partial charge in [0, 0.05) is 36.3 Å². The monoisotopic (exact) mass is 457 g/mol. The number of hydrogen-bond donors (Lipinski definition) is 1. The molecule has 1 amide bonds. The molecule has 0 saturated heterocycles. The highest BCUT2D eigenvalue weighted by Gasteiger charge is 2.19. The third-order valence-electron chi connectivity index (χ3n) is 5.69. The van der Waals surface area contributed by atoms with Crippen LogP contribution in [0.2, 0.25) is 0 Å². The number of methoxy groups -OCH3 is 1. The Kier molecular flexibility index (Phi) is 6.87. The van der Waals surface area contributed by atoms with Crippen molar-refractivity contribution in [2.45, 2.75) is 32.9 Å². The van der Waals surface area contributed by atoms with Gasteiger partial charge in [-0.25, -0.2) is 0 Å². The molecular weight excluding hydrogens is 430 g/mol. The van der Waals surface area contributed by atoms with Crippen molar-refractivity contribution >= 4 is 11.7 Å². The minimum absolute atomic E-state index is 0.138. The molecular formula is C26H27N5O3. The van der Waals surface area contributed by atoms with Crippen molar-refractivity contribution in [3.63, 3.8) is 0 Å². The molecule has 34 heavy (non-hydrogen) atoms. The van der Waals surface area contributed by atoms with Crippen LogP contribution in [0.3, 0.4) is 0 Å². The molecule has 174 valence electrons. The maximum absolute atomic E-state index is 13.3. The lowest BCUT2D eigenvalue weighted by molar-refractivity contribution is -0.121. The summed E-state index contributed by atoms with van der Waals surface area (Å²) in [5, 5.41) is 7.38. The molecule has 0 atom stereocenters. The summed E-state index contributed by atoms with van der Waals surface area (Å²) in [6.07, 6.45) is 2.22. The van der Waals surface area contributed by atoms with Gasteiger partial charge in [0.25, 0.3) is 5.56 Å². The van der Waals surface area contributed by atoms with Gasteiger partial charge in [0.1, 0.15) is 5.75 Å². The highest BCUT2D eigenvalue weighted by molar-refractivity contribution is 5.76. The largest absolute Gasteiger partial charge is 0.497 e. The van der Waals surface area contributed by atoms with Crippen molar-refractivity contribution in [2.75, 3.05) is 7.11 Å². The van der Waals surface area contributed by atoms with Crippen LogP contribution in [0.4, 0.5) is 0 Å². The molecule has 0 unspecified atom stereocenters. The molecule has 8 nitrogen and oxygen atoms in total. The lowest BCUT2D eigenvalue weighted by Gasteiger charge is -2.14. The number of amides is 1. The lowest BCUT2D eigenvalue weighted by Crippen LogP contribution is -2.28. The third kappa shape index (κ3) is 4.76. The van der Waals surface area contributed by atoms with E-state index in [0.717, 1.165) is 22.6 Å². The van der Waals surface area contributed by atoms with Gasteiger partial charge in [0.15, 0.2) is 5.82 Å². The Morgan fingerprint density at radius 3 is 2.71 bits per heavy atom. The number of carbonyl (C=O) groups excluding carboxylic acids is 1. The lowest BCUT2D eigenvalue weighted by atomic mass is 10.1. The van der Waals surface area contributed by atoms with Gasteiger partial charge < -0.3 is 14.6 Å². The summed E-state index contributed by atoms with van der Waals surface area (Å²) in [6, 6.07) is 17.0.